The number of carbonyl (C=O) groups is 1. The van der Waals surface area contributed by atoms with Crippen molar-refractivity contribution in [3.8, 4) is 11.5 Å². The van der Waals surface area contributed by atoms with Crippen molar-refractivity contribution in [3.05, 3.63) is 23.8 Å². The quantitative estimate of drug-likeness (QED) is 0.546. The molecular formula is C10H12O3. The molecule has 2 N–H and O–H groups in total. The van der Waals surface area contributed by atoms with Crippen molar-refractivity contribution in [1.29, 1.82) is 0 Å². The van der Waals surface area contributed by atoms with Gasteiger partial charge in [-0.15, -0.1) is 0 Å². The van der Waals surface area contributed by atoms with Gasteiger partial charge in [0, 0.05) is 12.5 Å². The number of hydrogen-bond acceptors (Lipinski definition) is 3. The zero-order chi connectivity index (χ0) is 9.68. The van der Waals surface area contributed by atoms with Gasteiger partial charge in [-0.3, -0.25) is 0 Å². The lowest BCUT2D eigenvalue weighted by Crippen LogP contribution is -1.86. The maximum absolute atomic E-state index is 10.0. The first-order chi connectivity index (χ1) is 6.24. The molecule has 0 bridgehead atoms. The zero-order valence-electron chi connectivity index (χ0n) is 7.23. The number of carbonyl (C=O) groups excluding carboxylic acids is 1. The topological polar surface area (TPSA) is 57.5 Å². The van der Waals surface area contributed by atoms with Crippen LogP contribution < -0.4 is 0 Å². The number of hydrogen-bond donors (Lipinski definition) is 2. The summed E-state index contributed by atoms with van der Waals surface area (Å²) < 4.78 is 0. The molecule has 0 atom stereocenters. The maximum Gasteiger partial charge on any atom is 0.122 e. The van der Waals surface area contributed by atoms with Crippen LogP contribution >= 0.6 is 0 Å². The van der Waals surface area contributed by atoms with Gasteiger partial charge in [0.2, 0.25) is 0 Å². The summed E-state index contributed by atoms with van der Waals surface area (Å²) in [6, 6.07) is 4.49. The van der Waals surface area contributed by atoms with Gasteiger partial charge in [-0.25, -0.2) is 0 Å². The van der Waals surface area contributed by atoms with Crippen LogP contribution in [0.1, 0.15) is 18.4 Å². The zero-order valence-corrected chi connectivity index (χ0v) is 7.23. The van der Waals surface area contributed by atoms with Crippen molar-refractivity contribution in [1.82, 2.24) is 0 Å². The summed E-state index contributed by atoms with van der Waals surface area (Å²) in [5.74, 6) is 0.141. The van der Waals surface area contributed by atoms with E-state index in [0.717, 1.165) is 18.3 Å². The Morgan fingerprint density at radius 1 is 1.31 bits per heavy atom. The average molecular weight is 180 g/mol. The molecule has 3 nitrogen and oxygen atoms in total. The number of unbranched alkanes of at least 4 members (excludes halogenated alkanes) is 1. The van der Waals surface area contributed by atoms with E-state index in [1.54, 1.807) is 6.07 Å². The highest BCUT2D eigenvalue weighted by Gasteiger charge is 2.01. The summed E-state index contributed by atoms with van der Waals surface area (Å²) in [4.78, 5) is 10.0. The SMILES string of the molecule is O=CCCCc1ccc(O)cc1O. The highest BCUT2D eigenvalue weighted by atomic mass is 16.3. The summed E-state index contributed by atoms with van der Waals surface area (Å²) in [6.07, 6.45) is 2.74. The van der Waals surface area contributed by atoms with E-state index < -0.39 is 0 Å². The van der Waals surface area contributed by atoms with E-state index in [2.05, 4.69) is 0 Å². The Kier molecular flexibility index (Phi) is 3.31. The van der Waals surface area contributed by atoms with Gasteiger partial charge >= 0.3 is 0 Å². The van der Waals surface area contributed by atoms with Crippen LogP contribution in [0.3, 0.4) is 0 Å². The van der Waals surface area contributed by atoms with Crippen molar-refractivity contribution in [3.63, 3.8) is 0 Å². The molecule has 1 aromatic rings. The van der Waals surface area contributed by atoms with E-state index in [4.69, 9.17) is 5.11 Å². The van der Waals surface area contributed by atoms with Crippen molar-refractivity contribution in [2.24, 2.45) is 0 Å². The average Bonchev–Trinajstić information content (AvgIpc) is 2.09. The lowest BCUT2D eigenvalue weighted by Gasteiger charge is -2.02. The smallest absolute Gasteiger partial charge is 0.122 e. The lowest BCUT2D eigenvalue weighted by atomic mass is 10.1. The predicted molar refractivity (Wildman–Crippen MR) is 48.8 cm³/mol. The van der Waals surface area contributed by atoms with Gasteiger partial charge in [0.25, 0.3) is 0 Å². The van der Waals surface area contributed by atoms with Crippen LogP contribution in [0.2, 0.25) is 0 Å². The predicted octanol–water partition coefficient (Wildman–Crippen LogP) is 1.62. The van der Waals surface area contributed by atoms with E-state index in [-0.39, 0.29) is 11.5 Å². The first-order valence-electron chi connectivity index (χ1n) is 4.18. The maximum atomic E-state index is 10.0. The second-order valence-electron chi connectivity index (χ2n) is 2.87. The minimum atomic E-state index is 0.0524. The van der Waals surface area contributed by atoms with E-state index in [1.807, 2.05) is 0 Å². The van der Waals surface area contributed by atoms with E-state index >= 15 is 0 Å². The number of rotatable bonds is 4. The highest BCUT2D eigenvalue weighted by Crippen LogP contribution is 2.23. The molecule has 0 aliphatic carbocycles. The van der Waals surface area contributed by atoms with Crippen LogP contribution in [-0.2, 0) is 11.2 Å². The number of aromatic hydroxyl groups is 2. The van der Waals surface area contributed by atoms with Gasteiger partial charge in [-0.2, -0.15) is 0 Å². The van der Waals surface area contributed by atoms with Crippen LogP contribution in [0.15, 0.2) is 18.2 Å². The lowest BCUT2D eigenvalue weighted by molar-refractivity contribution is -0.107. The molecular weight excluding hydrogens is 168 g/mol. The fraction of sp³-hybridized carbons (Fsp3) is 0.300. The molecule has 1 rings (SSSR count). The second kappa shape index (κ2) is 4.50. The molecule has 0 aliphatic heterocycles. The molecule has 0 saturated carbocycles. The Hall–Kier alpha value is -1.51. The van der Waals surface area contributed by atoms with Gasteiger partial charge in [-0.1, -0.05) is 6.07 Å². The fourth-order valence-corrected chi connectivity index (χ4v) is 1.14. The molecule has 13 heavy (non-hydrogen) atoms. The van der Waals surface area contributed by atoms with E-state index in [9.17, 15) is 9.90 Å². The minimum Gasteiger partial charge on any atom is -0.508 e. The summed E-state index contributed by atoms with van der Waals surface area (Å²) >= 11 is 0. The Labute approximate surface area is 76.6 Å². The van der Waals surface area contributed by atoms with Gasteiger partial charge in [0.05, 0.1) is 0 Å². The molecule has 0 radical (unpaired) electrons. The Bertz CT molecular complexity index is 294. The number of aryl methyl sites for hydroxylation is 1. The summed E-state index contributed by atoms with van der Waals surface area (Å²) in [6.45, 7) is 0. The first kappa shape index (κ1) is 9.58. The summed E-state index contributed by atoms with van der Waals surface area (Å²) in [5.41, 5.74) is 0.764. The number of phenols is 2. The van der Waals surface area contributed by atoms with Crippen LogP contribution in [0, 0.1) is 0 Å². The number of phenolic OH excluding ortho intramolecular Hbond substituents is 2. The van der Waals surface area contributed by atoms with Crippen molar-refractivity contribution < 1.29 is 15.0 Å². The first-order valence-corrected chi connectivity index (χ1v) is 4.18. The Balaban J connectivity index is 2.61. The molecule has 1 aromatic carbocycles. The van der Waals surface area contributed by atoms with Crippen LogP contribution in [-0.4, -0.2) is 16.5 Å². The molecule has 0 spiro atoms. The van der Waals surface area contributed by atoms with Gasteiger partial charge in [0.15, 0.2) is 0 Å². The third-order valence-corrected chi connectivity index (χ3v) is 1.84. The van der Waals surface area contributed by atoms with Gasteiger partial charge < -0.3 is 15.0 Å². The van der Waals surface area contributed by atoms with E-state index in [1.165, 1.54) is 12.1 Å². The van der Waals surface area contributed by atoms with E-state index in [0.29, 0.717) is 12.8 Å². The summed E-state index contributed by atoms with van der Waals surface area (Å²) in [7, 11) is 0. The van der Waals surface area contributed by atoms with Crippen LogP contribution in [0.25, 0.3) is 0 Å². The largest absolute Gasteiger partial charge is 0.508 e. The van der Waals surface area contributed by atoms with Gasteiger partial charge in [0.1, 0.15) is 17.8 Å². The minimum absolute atomic E-state index is 0.0524. The van der Waals surface area contributed by atoms with Crippen molar-refractivity contribution >= 4 is 6.29 Å². The van der Waals surface area contributed by atoms with Crippen LogP contribution in [0.5, 0.6) is 11.5 Å². The van der Waals surface area contributed by atoms with Gasteiger partial charge in [-0.05, 0) is 24.5 Å². The number of benzene rings is 1. The molecule has 0 heterocycles. The Morgan fingerprint density at radius 3 is 2.69 bits per heavy atom. The molecule has 0 fully saturated rings. The molecule has 0 aliphatic rings. The molecule has 0 amide bonds. The Morgan fingerprint density at radius 2 is 2.08 bits per heavy atom. The molecule has 3 heteroatoms. The standard InChI is InChI=1S/C10H12O3/c11-6-2-1-3-8-4-5-9(12)7-10(8)13/h4-7,12-13H,1-3H2. The molecule has 0 saturated heterocycles. The second-order valence-corrected chi connectivity index (χ2v) is 2.87. The van der Waals surface area contributed by atoms with Crippen molar-refractivity contribution in [2.45, 2.75) is 19.3 Å². The third-order valence-electron chi connectivity index (χ3n) is 1.84. The molecule has 0 unspecified atom stereocenters. The molecule has 70 valence electrons. The van der Waals surface area contributed by atoms with Crippen LogP contribution in [0.4, 0.5) is 0 Å². The monoisotopic (exact) mass is 180 g/mol. The fourth-order valence-electron chi connectivity index (χ4n) is 1.14. The highest BCUT2D eigenvalue weighted by molar-refractivity contribution is 5.49. The number of aldehydes is 1. The molecule has 0 aromatic heterocycles. The third kappa shape index (κ3) is 2.78. The van der Waals surface area contributed by atoms with Crippen molar-refractivity contribution in [2.75, 3.05) is 0 Å². The normalized spacial score (nSPS) is 9.85. The summed E-state index contributed by atoms with van der Waals surface area (Å²) in [5, 5.41) is 18.3.